The lowest BCUT2D eigenvalue weighted by molar-refractivity contribution is 0.205. The number of rotatable bonds is 2. The van der Waals surface area contributed by atoms with Crippen LogP contribution in [0.5, 0.6) is 0 Å². The molecule has 2 atom stereocenters. The highest BCUT2D eigenvalue weighted by molar-refractivity contribution is 5.29. The number of nitrogens with two attached hydrogens (primary N) is 1. The molecule has 0 amide bonds. The number of nitrogen functional groups attached to an aromatic ring is 1. The predicted molar refractivity (Wildman–Crippen MR) is 60.2 cm³/mol. The highest BCUT2D eigenvalue weighted by Gasteiger charge is 2.37. The summed E-state index contributed by atoms with van der Waals surface area (Å²) < 4.78 is 0. The Labute approximate surface area is 90.3 Å². The first kappa shape index (κ1) is 9.16. The number of aromatic nitrogens is 1. The van der Waals surface area contributed by atoms with Crippen LogP contribution in [0.1, 0.15) is 24.8 Å². The number of fused-ring (bicyclic) bond motifs is 2. The molecule has 2 bridgehead atoms. The third-order valence-electron chi connectivity index (χ3n) is 3.76. The van der Waals surface area contributed by atoms with E-state index in [-0.39, 0.29) is 0 Å². The zero-order valence-corrected chi connectivity index (χ0v) is 8.89. The summed E-state index contributed by atoms with van der Waals surface area (Å²) in [6.45, 7) is 2.34. The molecule has 1 saturated carbocycles. The average molecular weight is 203 g/mol. The van der Waals surface area contributed by atoms with Crippen LogP contribution >= 0.6 is 0 Å². The van der Waals surface area contributed by atoms with E-state index in [0.717, 1.165) is 18.5 Å². The lowest BCUT2D eigenvalue weighted by Crippen LogP contribution is -2.31. The zero-order chi connectivity index (χ0) is 10.3. The normalized spacial score (nSPS) is 29.9. The van der Waals surface area contributed by atoms with Gasteiger partial charge in [-0.05, 0) is 36.8 Å². The van der Waals surface area contributed by atoms with Crippen LogP contribution in [0, 0.1) is 5.92 Å². The van der Waals surface area contributed by atoms with Crippen LogP contribution in [0.4, 0.5) is 5.82 Å². The van der Waals surface area contributed by atoms with Crippen molar-refractivity contribution in [2.75, 3.05) is 12.3 Å². The monoisotopic (exact) mass is 203 g/mol. The number of piperidine rings is 1. The zero-order valence-electron chi connectivity index (χ0n) is 8.89. The van der Waals surface area contributed by atoms with E-state index >= 15 is 0 Å². The molecule has 3 heteroatoms. The molecular weight excluding hydrogens is 186 g/mol. The van der Waals surface area contributed by atoms with Gasteiger partial charge in [-0.15, -0.1) is 0 Å². The number of hydrogen-bond acceptors (Lipinski definition) is 3. The van der Waals surface area contributed by atoms with Gasteiger partial charge in [0.05, 0.1) is 0 Å². The summed E-state index contributed by atoms with van der Waals surface area (Å²) in [6.07, 6.45) is 6.16. The molecular formula is C12H17N3. The second-order valence-corrected chi connectivity index (χ2v) is 4.85. The molecule has 2 heterocycles. The van der Waals surface area contributed by atoms with Crippen LogP contribution in [0.3, 0.4) is 0 Å². The third-order valence-corrected chi connectivity index (χ3v) is 3.76. The van der Waals surface area contributed by atoms with Gasteiger partial charge in [0.25, 0.3) is 0 Å². The van der Waals surface area contributed by atoms with Gasteiger partial charge in [0.1, 0.15) is 5.82 Å². The van der Waals surface area contributed by atoms with E-state index in [1.807, 2.05) is 12.3 Å². The van der Waals surface area contributed by atoms with Crippen molar-refractivity contribution in [3.8, 4) is 0 Å². The minimum absolute atomic E-state index is 0.613. The molecule has 0 spiro atoms. The lowest BCUT2D eigenvalue weighted by Gasteiger charge is -2.26. The van der Waals surface area contributed by atoms with Crippen molar-refractivity contribution in [2.45, 2.75) is 31.8 Å². The second-order valence-electron chi connectivity index (χ2n) is 4.85. The molecule has 0 aromatic carbocycles. The summed E-state index contributed by atoms with van der Waals surface area (Å²) >= 11 is 0. The van der Waals surface area contributed by atoms with Crippen LogP contribution in [-0.2, 0) is 6.54 Å². The second kappa shape index (κ2) is 3.49. The van der Waals surface area contributed by atoms with Crippen LogP contribution in [0.2, 0.25) is 0 Å². The van der Waals surface area contributed by atoms with Crippen LogP contribution in [-0.4, -0.2) is 22.5 Å². The van der Waals surface area contributed by atoms with Crippen LogP contribution in [0.25, 0.3) is 0 Å². The van der Waals surface area contributed by atoms with Crippen molar-refractivity contribution in [1.29, 1.82) is 0 Å². The molecule has 2 fully saturated rings. The van der Waals surface area contributed by atoms with Crippen molar-refractivity contribution in [2.24, 2.45) is 5.92 Å². The van der Waals surface area contributed by atoms with Gasteiger partial charge in [0, 0.05) is 25.3 Å². The minimum Gasteiger partial charge on any atom is -0.384 e. The lowest BCUT2D eigenvalue weighted by atomic mass is 10.1. The van der Waals surface area contributed by atoms with Crippen molar-refractivity contribution in [3.63, 3.8) is 0 Å². The van der Waals surface area contributed by atoms with Gasteiger partial charge < -0.3 is 5.73 Å². The largest absolute Gasteiger partial charge is 0.384 e. The Hall–Kier alpha value is -1.09. The van der Waals surface area contributed by atoms with Crippen LogP contribution < -0.4 is 5.73 Å². The predicted octanol–water partition coefficient (Wildman–Crippen LogP) is 1.65. The SMILES string of the molecule is Nc1ccc(CN2CC3CCC2C3)cn1. The topological polar surface area (TPSA) is 42.1 Å². The van der Waals surface area contributed by atoms with E-state index in [2.05, 4.69) is 16.0 Å². The van der Waals surface area contributed by atoms with E-state index in [0.29, 0.717) is 5.82 Å². The van der Waals surface area contributed by atoms with E-state index in [9.17, 15) is 0 Å². The molecule has 2 unspecified atom stereocenters. The van der Waals surface area contributed by atoms with Gasteiger partial charge in [-0.2, -0.15) is 0 Å². The molecule has 1 aromatic heterocycles. The summed E-state index contributed by atoms with van der Waals surface area (Å²) in [5, 5.41) is 0. The van der Waals surface area contributed by atoms with Gasteiger partial charge >= 0.3 is 0 Å². The van der Waals surface area contributed by atoms with Crippen molar-refractivity contribution in [1.82, 2.24) is 9.88 Å². The van der Waals surface area contributed by atoms with E-state index in [4.69, 9.17) is 5.73 Å². The van der Waals surface area contributed by atoms with Gasteiger partial charge in [0.15, 0.2) is 0 Å². The summed E-state index contributed by atoms with van der Waals surface area (Å²) in [7, 11) is 0. The highest BCUT2D eigenvalue weighted by atomic mass is 15.2. The molecule has 0 radical (unpaired) electrons. The summed E-state index contributed by atoms with van der Waals surface area (Å²) in [6, 6.07) is 4.82. The molecule has 3 nitrogen and oxygen atoms in total. The third kappa shape index (κ3) is 1.72. The molecule has 1 saturated heterocycles. The Balaban J connectivity index is 1.68. The molecule has 3 rings (SSSR count). The van der Waals surface area contributed by atoms with E-state index in [1.54, 1.807) is 0 Å². The molecule has 1 aliphatic carbocycles. The average Bonchev–Trinajstić information content (AvgIpc) is 2.83. The molecule has 80 valence electrons. The maximum atomic E-state index is 5.57. The summed E-state index contributed by atoms with van der Waals surface area (Å²) in [5.41, 5.74) is 6.86. The smallest absolute Gasteiger partial charge is 0.123 e. The first-order valence-corrected chi connectivity index (χ1v) is 5.76. The number of likely N-dealkylation sites (tertiary alicyclic amines) is 1. The molecule has 15 heavy (non-hydrogen) atoms. The number of nitrogens with zero attached hydrogens (tertiary/aromatic N) is 2. The quantitative estimate of drug-likeness (QED) is 0.794. The van der Waals surface area contributed by atoms with Gasteiger partial charge in [-0.3, -0.25) is 4.90 Å². The Kier molecular flexibility index (Phi) is 2.13. The van der Waals surface area contributed by atoms with E-state index < -0.39 is 0 Å². The van der Waals surface area contributed by atoms with Gasteiger partial charge in [-0.25, -0.2) is 4.98 Å². The Morgan fingerprint density at radius 3 is 2.93 bits per heavy atom. The molecule has 2 N–H and O–H groups in total. The standard InChI is InChI=1S/C12H17N3/c13-12-4-2-10(6-14-12)8-15-7-9-1-3-11(15)5-9/h2,4,6,9,11H,1,3,5,7-8H2,(H2,13,14). The Morgan fingerprint density at radius 2 is 2.33 bits per heavy atom. The van der Waals surface area contributed by atoms with Crippen molar-refractivity contribution in [3.05, 3.63) is 23.9 Å². The molecule has 2 aliphatic rings. The number of hydrogen-bond donors (Lipinski definition) is 1. The fourth-order valence-electron chi connectivity index (χ4n) is 2.98. The molecule has 1 aliphatic heterocycles. The Bertz CT molecular complexity index is 346. The first-order chi connectivity index (χ1) is 7.31. The van der Waals surface area contributed by atoms with Crippen molar-refractivity contribution < 1.29 is 0 Å². The molecule has 1 aromatic rings. The summed E-state index contributed by atoms with van der Waals surface area (Å²) in [4.78, 5) is 6.73. The fourth-order valence-corrected chi connectivity index (χ4v) is 2.98. The van der Waals surface area contributed by atoms with E-state index in [1.165, 1.54) is 31.4 Å². The maximum Gasteiger partial charge on any atom is 0.123 e. The number of pyridine rings is 1. The maximum absolute atomic E-state index is 5.57. The van der Waals surface area contributed by atoms with Gasteiger partial charge in [-0.1, -0.05) is 6.07 Å². The number of anilines is 1. The summed E-state index contributed by atoms with van der Waals surface area (Å²) in [5.74, 6) is 1.58. The van der Waals surface area contributed by atoms with Crippen molar-refractivity contribution >= 4 is 5.82 Å². The fraction of sp³-hybridized carbons (Fsp3) is 0.583. The van der Waals surface area contributed by atoms with Gasteiger partial charge in [0.2, 0.25) is 0 Å². The highest BCUT2D eigenvalue weighted by Crippen LogP contribution is 2.37. The Morgan fingerprint density at radius 1 is 1.40 bits per heavy atom. The first-order valence-electron chi connectivity index (χ1n) is 5.76. The minimum atomic E-state index is 0.613. The van der Waals surface area contributed by atoms with Crippen LogP contribution in [0.15, 0.2) is 18.3 Å².